The van der Waals surface area contributed by atoms with Gasteiger partial charge in [-0.15, -0.1) is 0 Å². The van der Waals surface area contributed by atoms with Gasteiger partial charge in [0.2, 0.25) is 5.72 Å². The van der Waals surface area contributed by atoms with E-state index in [4.69, 9.17) is 0 Å². The second kappa shape index (κ2) is 3.41. The van der Waals surface area contributed by atoms with Crippen molar-refractivity contribution in [3.05, 3.63) is 29.3 Å². The van der Waals surface area contributed by atoms with E-state index in [0.717, 1.165) is 19.2 Å². The molecule has 1 aromatic carbocycles. The van der Waals surface area contributed by atoms with E-state index in [1.807, 2.05) is 0 Å². The Labute approximate surface area is 89.8 Å². The first-order valence-corrected chi connectivity index (χ1v) is 4.53. The number of ether oxygens (including phenoxy) is 1. The highest BCUT2D eigenvalue weighted by Gasteiger charge is 2.43. The fourth-order valence-electron chi connectivity index (χ4n) is 1.69. The highest BCUT2D eigenvalue weighted by atomic mass is 19.2. The van der Waals surface area contributed by atoms with Crippen LogP contribution in [0.15, 0.2) is 12.1 Å². The summed E-state index contributed by atoms with van der Waals surface area (Å²) in [6.45, 7) is 0. The first-order chi connectivity index (χ1) is 7.46. The highest BCUT2D eigenvalue weighted by molar-refractivity contribution is 5.85. The molecule has 86 valence electrons. The first-order valence-electron chi connectivity index (χ1n) is 4.53. The van der Waals surface area contributed by atoms with Crippen molar-refractivity contribution in [3.63, 3.8) is 0 Å². The Hall–Kier alpha value is -1.69. The third kappa shape index (κ3) is 1.51. The van der Waals surface area contributed by atoms with Crippen molar-refractivity contribution >= 4 is 11.7 Å². The van der Waals surface area contributed by atoms with Crippen LogP contribution in [0.5, 0.6) is 0 Å². The predicted molar refractivity (Wildman–Crippen MR) is 50.7 cm³/mol. The molecule has 1 unspecified atom stereocenters. The standard InChI is InChI=1S/C10H9F2NO3/c1-16-9(14)10(15)4-5-2-6(11)7(12)3-8(5)13-10/h2-3,13,15H,4H2,1H3. The Morgan fingerprint density at radius 1 is 1.50 bits per heavy atom. The van der Waals surface area contributed by atoms with Crippen molar-refractivity contribution in [2.24, 2.45) is 0 Å². The Morgan fingerprint density at radius 3 is 2.75 bits per heavy atom. The Kier molecular flexibility index (Phi) is 2.31. The monoisotopic (exact) mass is 229 g/mol. The van der Waals surface area contributed by atoms with E-state index < -0.39 is 23.3 Å². The van der Waals surface area contributed by atoms with Crippen LogP contribution in [0.1, 0.15) is 5.56 Å². The number of hydrogen-bond donors (Lipinski definition) is 2. The van der Waals surface area contributed by atoms with Crippen molar-refractivity contribution < 1.29 is 23.4 Å². The van der Waals surface area contributed by atoms with Gasteiger partial charge >= 0.3 is 5.97 Å². The average Bonchev–Trinajstić information content (AvgIpc) is 2.55. The molecule has 0 bridgehead atoms. The summed E-state index contributed by atoms with van der Waals surface area (Å²) in [5, 5.41) is 12.2. The zero-order valence-corrected chi connectivity index (χ0v) is 8.38. The van der Waals surface area contributed by atoms with Crippen LogP contribution in [0.3, 0.4) is 0 Å². The van der Waals surface area contributed by atoms with Gasteiger partial charge < -0.3 is 15.2 Å². The lowest BCUT2D eigenvalue weighted by Crippen LogP contribution is -2.45. The number of esters is 1. The van der Waals surface area contributed by atoms with Gasteiger partial charge in [0.05, 0.1) is 7.11 Å². The summed E-state index contributed by atoms with van der Waals surface area (Å²) in [6.07, 6.45) is -0.161. The minimum absolute atomic E-state index is 0.161. The van der Waals surface area contributed by atoms with E-state index in [-0.39, 0.29) is 12.1 Å². The minimum atomic E-state index is -1.95. The van der Waals surface area contributed by atoms with Gasteiger partial charge in [0, 0.05) is 18.2 Å². The zero-order chi connectivity index (χ0) is 11.9. The molecule has 2 rings (SSSR count). The largest absolute Gasteiger partial charge is 0.465 e. The van der Waals surface area contributed by atoms with Crippen molar-refractivity contribution in [2.75, 3.05) is 12.4 Å². The third-order valence-corrected chi connectivity index (χ3v) is 2.46. The van der Waals surface area contributed by atoms with E-state index in [1.165, 1.54) is 0 Å². The number of fused-ring (bicyclic) bond motifs is 1. The van der Waals surface area contributed by atoms with Crippen LogP contribution in [0.4, 0.5) is 14.5 Å². The molecule has 1 aliphatic rings. The average molecular weight is 229 g/mol. The lowest BCUT2D eigenvalue weighted by molar-refractivity contribution is -0.158. The molecule has 1 heterocycles. The number of carbonyl (C=O) groups excluding carboxylic acids is 1. The van der Waals surface area contributed by atoms with Gasteiger partial charge in [-0.1, -0.05) is 0 Å². The molecule has 0 radical (unpaired) electrons. The van der Waals surface area contributed by atoms with Crippen LogP contribution in [0.2, 0.25) is 0 Å². The summed E-state index contributed by atoms with van der Waals surface area (Å²) in [4.78, 5) is 11.3. The molecule has 1 aliphatic heterocycles. The van der Waals surface area contributed by atoms with Gasteiger partial charge in [-0.25, -0.2) is 13.6 Å². The Bertz CT molecular complexity index is 431. The zero-order valence-electron chi connectivity index (χ0n) is 8.38. The molecule has 16 heavy (non-hydrogen) atoms. The molecule has 0 fully saturated rings. The summed E-state index contributed by atoms with van der Waals surface area (Å²) < 4.78 is 30.2. The van der Waals surface area contributed by atoms with Gasteiger partial charge in [0.1, 0.15) is 0 Å². The van der Waals surface area contributed by atoms with Gasteiger partial charge in [-0.05, 0) is 11.6 Å². The molecule has 0 aliphatic carbocycles. The number of halogens is 2. The normalized spacial score (nSPS) is 22.5. The molecule has 4 nitrogen and oxygen atoms in total. The number of rotatable bonds is 1. The maximum absolute atomic E-state index is 12.9. The maximum atomic E-state index is 12.9. The summed E-state index contributed by atoms with van der Waals surface area (Å²) in [5.74, 6) is -2.96. The predicted octanol–water partition coefficient (Wildman–Crippen LogP) is 0.794. The highest BCUT2D eigenvalue weighted by Crippen LogP contribution is 2.33. The molecule has 1 aromatic rings. The van der Waals surface area contributed by atoms with E-state index in [0.29, 0.717) is 5.56 Å². The van der Waals surface area contributed by atoms with Crippen molar-refractivity contribution in [1.29, 1.82) is 0 Å². The van der Waals surface area contributed by atoms with Crippen molar-refractivity contribution in [2.45, 2.75) is 12.1 Å². The molecule has 0 spiro atoms. The number of hydrogen-bond acceptors (Lipinski definition) is 4. The second-order valence-electron chi connectivity index (χ2n) is 3.58. The number of carbonyl (C=O) groups is 1. The fourth-order valence-corrected chi connectivity index (χ4v) is 1.69. The molecule has 6 heteroatoms. The first kappa shape index (κ1) is 10.8. The SMILES string of the molecule is COC(=O)C1(O)Cc2cc(F)c(F)cc2N1. The quantitative estimate of drug-likeness (QED) is 0.699. The fraction of sp³-hybridized carbons (Fsp3) is 0.300. The van der Waals surface area contributed by atoms with E-state index >= 15 is 0 Å². The number of methoxy groups -OCH3 is 1. The maximum Gasteiger partial charge on any atom is 0.359 e. The Balaban J connectivity index is 2.37. The van der Waals surface area contributed by atoms with Crippen LogP contribution in [0, 0.1) is 11.6 Å². The van der Waals surface area contributed by atoms with E-state index in [2.05, 4.69) is 10.1 Å². The van der Waals surface area contributed by atoms with Crippen LogP contribution < -0.4 is 5.32 Å². The molecule has 2 N–H and O–H groups in total. The lowest BCUT2D eigenvalue weighted by atomic mass is 10.1. The van der Waals surface area contributed by atoms with Crippen molar-refractivity contribution in [1.82, 2.24) is 0 Å². The number of aliphatic hydroxyl groups is 1. The van der Waals surface area contributed by atoms with Gasteiger partial charge in [0.15, 0.2) is 11.6 Å². The Morgan fingerprint density at radius 2 is 2.12 bits per heavy atom. The summed E-state index contributed by atoms with van der Waals surface area (Å²) in [5.41, 5.74) is -1.43. The van der Waals surface area contributed by atoms with Gasteiger partial charge in [-0.2, -0.15) is 0 Å². The summed E-state index contributed by atoms with van der Waals surface area (Å²) >= 11 is 0. The van der Waals surface area contributed by atoms with Crippen LogP contribution >= 0.6 is 0 Å². The summed E-state index contributed by atoms with van der Waals surface area (Å²) in [7, 11) is 1.12. The second-order valence-corrected chi connectivity index (χ2v) is 3.58. The number of nitrogens with one attached hydrogen (secondary N) is 1. The lowest BCUT2D eigenvalue weighted by Gasteiger charge is -2.19. The van der Waals surface area contributed by atoms with E-state index in [9.17, 15) is 18.7 Å². The number of anilines is 1. The molecule has 0 saturated carbocycles. The van der Waals surface area contributed by atoms with Gasteiger partial charge in [0.25, 0.3) is 0 Å². The topological polar surface area (TPSA) is 58.6 Å². The summed E-state index contributed by atoms with van der Waals surface area (Å²) in [6, 6.07) is 1.84. The molecule has 0 aromatic heterocycles. The molecule has 0 amide bonds. The molecule has 1 atom stereocenters. The van der Waals surface area contributed by atoms with Crippen LogP contribution in [-0.2, 0) is 16.0 Å². The smallest absolute Gasteiger partial charge is 0.359 e. The molecule has 0 saturated heterocycles. The molecular formula is C10H9F2NO3. The van der Waals surface area contributed by atoms with E-state index in [1.54, 1.807) is 0 Å². The third-order valence-electron chi connectivity index (χ3n) is 2.46. The number of benzene rings is 1. The minimum Gasteiger partial charge on any atom is -0.465 e. The van der Waals surface area contributed by atoms with Gasteiger partial charge in [-0.3, -0.25) is 0 Å². The van der Waals surface area contributed by atoms with Crippen LogP contribution in [-0.4, -0.2) is 23.9 Å². The molecular weight excluding hydrogens is 220 g/mol. The van der Waals surface area contributed by atoms with Crippen molar-refractivity contribution in [3.8, 4) is 0 Å². The van der Waals surface area contributed by atoms with Crippen LogP contribution in [0.25, 0.3) is 0 Å².